The van der Waals surface area contributed by atoms with Crippen LogP contribution in [-0.2, 0) is 0 Å². The molecule has 0 fully saturated rings. The van der Waals surface area contributed by atoms with Crippen LogP contribution in [0.2, 0.25) is 0 Å². The molecule has 2 aromatic rings. The van der Waals surface area contributed by atoms with Crippen LogP contribution in [0.15, 0.2) is 42.6 Å². The molecule has 0 aliphatic heterocycles. The van der Waals surface area contributed by atoms with Gasteiger partial charge in [-0.15, -0.1) is 0 Å². The molecule has 0 saturated heterocycles. The molecule has 0 N–H and O–H groups in total. The van der Waals surface area contributed by atoms with E-state index >= 15 is 0 Å². The van der Waals surface area contributed by atoms with Gasteiger partial charge in [0.25, 0.3) is 0 Å². The fourth-order valence-corrected chi connectivity index (χ4v) is 1.33. The number of aromatic nitrogens is 1. The zero-order chi connectivity index (χ0) is 11.5. The van der Waals surface area contributed by atoms with Crippen LogP contribution in [0.5, 0.6) is 0 Å². The molecule has 0 amide bonds. The third kappa shape index (κ3) is 2.06. The lowest BCUT2D eigenvalue weighted by molar-refractivity contribution is -0.255. The maximum Gasteiger partial charge on any atom is 0.123 e. The number of carboxylic acids is 1. The zero-order valence-corrected chi connectivity index (χ0v) is 8.18. The standard InChI is InChI=1S/C12H8FNO2/c13-10-3-1-2-8(6-10)11-5-4-9(7-14-11)12(15)16/h1-7H,(H,15,16)/p-1. The Bertz CT molecular complexity index is 523. The summed E-state index contributed by atoms with van der Waals surface area (Å²) >= 11 is 0. The van der Waals surface area contributed by atoms with Crippen molar-refractivity contribution in [2.45, 2.75) is 0 Å². The molecular formula is C12H7FNO2-. The number of hydrogen-bond donors (Lipinski definition) is 0. The molecule has 0 unspecified atom stereocenters. The summed E-state index contributed by atoms with van der Waals surface area (Å²) < 4.78 is 12.9. The molecule has 1 aromatic heterocycles. The predicted molar refractivity (Wildman–Crippen MR) is 54.0 cm³/mol. The molecule has 2 rings (SSSR count). The molecule has 1 heterocycles. The Balaban J connectivity index is 2.38. The highest BCUT2D eigenvalue weighted by Crippen LogP contribution is 2.17. The van der Waals surface area contributed by atoms with Gasteiger partial charge in [-0.2, -0.15) is 0 Å². The topological polar surface area (TPSA) is 53.0 Å². The van der Waals surface area contributed by atoms with Crippen LogP contribution in [0.25, 0.3) is 11.3 Å². The molecule has 0 spiro atoms. The van der Waals surface area contributed by atoms with Gasteiger partial charge in [-0.05, 0) is 24.3 Å². The Hall–Kier alpha value is -2.23. The summed E-state index contributed by atoms with van der Waals surface area (Å²) in [6, 6.07) is 8.83. The fraction of sp³-hybridized carbons (Fsp3) is 0. The summed E-state index contributed by atoms with van der Waals surface area (Å²) in [4.78, 5) is 14.4. The predicted octanol–water partition coefficient (Wildman–Crippen LogP) is 1.25. The van der Waals surface area contributed by atoms with Crippen molar-refractivity contribution in [3.8, 4) is 11.3 Å². The lowest BCUT2D eigenvalue weighted by Crippen LogP contribution is -2.22. The van der Waals surface area contributed by atoms with Gasteiger partial charge in [0, 0.05) is 17.3 Å². The number of aromatic carboxylic acids is 1. The van der Waals surface area contributed by atoms with Gasteiger partial charge in [-0.25, -0.2) is 4.39 Å². The average molecular weight is 216 g/mol. The second-order valence-corrected chi connectivity index (χ2v) is 3.23. The zero-order valence-electron chi connectivity index (χ0n) is 8.18. The number of carbonyl (C=O) groups is 1. The van der Waals surface area contributed by atoms with E-state index in [0.29, 0.717) is 11.3 Å². The Morgan fingerprint density at radius 3 is 2.62 bits per heavy atom. The molecule has 3 nitrogen and oxygen atoms in total. The van der Waals surface area contributed by atoms with Crippen molar-refractivity contribution in [3.63, 3.8) is 0 Å². The van der Waals surface area contributed by atoms with Crippen LogP contribution in [0.4, 0.5) is 4.39 Å². The number of rotatable bonds is 2. The van der Waals surface area contributed by atoms with E-state index < -0.39 is 5.97 Å². The maximum atomic E-state index is 12.9. The minimum absolute atomic E-state index is 0.000142. The van der Waals surface area contributed by atoms with Crippen molar-refractivity contribution in [2.24, 2.45) is 0 Å². The van der Waals surface area contributed by atoms with Gasteiger partial charge in [0.15, 0.2) is 0 Å². The van der Waals surface area contributed by atoms with Gasteiger partial charge in [0.1, 0.15) is 5.82 Å². The van der Waals surface area contributed by atoms with Gasteiger partial charge in [-0.1, -0.05) is 12.1 Å². The van der Waals surface area contributed by atoms with Crippen LogP contribution in [0.1, 0.15) is 10.4 Å². The van der Waals surface area contributed by atoms with Crippen LogP contribution >= 0.6 is 0 Å². The maximum absolute atomic E-state index is 12.9. The number of pyridine rings is 1. The summed E-state index contributed by atoms with van der Waals surface area (Å²) in [7, 11) is 0. The Morgan fingerprint density at radius 1 is 1.25 bits per heavy atom. The van der Waals surface area contributed by atoms with Crippen LogP contribution in [0.3, 0.4) is 0 Å². The smallest absolute Gasteiger partial charge is 0.123 e. The fourth-order valence-electron chi connectivity index (χ4n) is 1.33. The van der Waals surface area contributed by atoms with Crippen LogP contribution in [-0.4, -0.2) is 11.0 Å². The monoisotopic (exact) mass is 216 g/mol. The number of nitrogens with zero attached hydrogens (tertiary/aromatic N) is 1. The second kappa shape index (κ2) is 4.10. The molecule has 0 bridgehead atoms. The van der Waals surface area contributed by atoms with Crippen molar-refractivity contribution in [2.75, 3.05) is 0 Å². The molecule has 16 heavy (non-hydrogen) atoms. The Morgan fingerprint density at radius 2 is 2.06 bits per heavy atom. The van der Waals surface area contributed by atoms with Crippen molar-refractivity contribution in [3.05, 3.63) is 54.0 Å². The van der Waals surface area contributed by atoms with E-state index in [1.165, 1.54) is 30.5 Å². The summed E-state index contributed by atoms with van der Waals surface area (Å²) in [5.74, 6) is -1.64. The van der Waals surface area contributed by atoms with Crippen molar-refractivity contribution in [1.29, 1.82) is 0 Å². The highest BCUT2D eigenvalue weighted by molar-refractivity contribution is 5.85. The third-order valence-corrected chi connectivity index (χ3v) is 2.12. The second-order valence-electron chi connectivity index (χ2n) is 3.23. The van der Waals surface area contributed by atoms with E-state index in [1.807, 2.05) is 0 Å². The van der Waals surface area contributed by atoms with Gasteiger partial charge in [0.05, 0.1) is 11.7 Å². The Kier molecular flexibility index (Phi) is 2.64. The van der Waals surface area contributed by atoms with Gasteiger partial charge in [-0.3, -0.25) is 4.98 Å². The number of carboxylic acid groups (broad SMARTS) is 1. The normalized spacial score (nSPS) is 10.1. The minimum Gasteiger partial charge on any atom is -0.545 e. The molecule has 0 saturated carbocycles. The summed E-state index contributed by atoms with van der Waals surface area (Å²) in [6.45, 7) is 0. The van der Waals surface area contributed by atoms with Crippen LogP contribution in [0, 0.1) is 5.82 Å². The molecule has 0 atom stereocenters. The molecule has 0 radical (unpaired) electrons. The first-order chi connectivity index (χ1) is 7.66. The van der Waals surface area contributed by atoms with E-state index in [1.54, 1.807) is 12.1 Å². The van der Waals surface area contributed by atoms with E-state index in [4.69, 9.17) is 0 Å². The largest absolute Gasteiger partial charge is 0.545 e. The first kappa shape index (κ1) is 10.3. The van der Waals surface area contributed by atoms with E-state index in [2.05, 4.69) is 4.98 Å². The first-order valence-electron chi connectivity index (χ1n) is 4.60. The highest BCUT2D eigenvalue weighted by Gasteiger charge is 2.01. The summed E-state index contributed by atoms with van der Waals surface area (Å²) in [5, 5.41) is 10.5. The first-order valence-corrected chi connectivity index (χ1v) is 4.60. The van der Waals surface area contributed by atoms with Gasteiger partial charge >= 0.3 is 0 Å². The number of benzene rings is 1. The molecular weight excluding hydrogens is 209 g/mol. The van der Waals surface area contributed by atoms with Crippen molar-refractivity contribution in [1.82, 2.24) is 4.98 Å². The van der Waals surface area contributed by atoms with Crippen LogP contribution < -0.4 is 5.11 Å². The number of carbonyl (C=O) groups excluding carboxylic acids is 1. The summed E-state index contributed by atoms with van der Waals surface area (Å²) in [6.07, 6.45) is 1.19. The SMILES string of the molecule is O=C([O-])c1ccc(-c2cccc(F)c2)nc1. The van der Waals surface area contributed by atoms with E-state index in [9.17, 15) is 14.3 Å². The average Bonchev–Trinajstić information content (AvgIpc) is 2.29. The Labute approximate surface area is 91.2 Å². The van der Waals surface area contributed by atoms with Crippen molar-refractivity contribution >= 4 is 5.97 Å². The molecule has 0 aliphatic carbocycles. The summed E-state index contributed by atoms with van der Waals surface area (Å²) in [5.41, 5.74) is 1.12. The molecule has 4 heteroatoms. The van der Waals surface area contributed by atoms with Crippen molar-refractivity contribution < 1.29 is 14.3 Å². The van der Waals surface area contributed by atoms with E-state index in [0.717, 1.165) is 0 Å². The van der Waals surface area contributed by atoms with Gasteiger partial charge < -0.3 is 9.90 Å². The quantitative estimate of drug-likeness (QED) is 0.759. The molecule has 0 aliphatic rings. The highest BCUT2D eigenvalue weighted by atomic mass is 19.1. The lowest BCUT2D eigenvalue weighted by Gasteiger charge is -2.04. The number of hydrogen-bond acceptors (Lipinski definition) is 3. The molecule has 1 aromatic carbocycles. The third-order valence-electron chi connectivity index (χ3n) is 2.12. The van der Waals surface area contributed by atoms with Gasteiger partial charge in [0.2, 0.25) is 0 Å². The number of halogens is 1. The minimum atomic E-state index is -1.28. The van der Waals surface area contributed by atoms with E-state index in [-0.39, 0.29) is 11.4 Å². The molecule has 80 valence electrons. The lowest BCUT2D eigenvalue weighted by atomic mass is 10.1.